The minimum absolute atomic E-state index is 0.0590. The van der Waals surface area contributed by atoms with Gasteiger partial charge in [-0.2, -0.15) is 0 Å². The number of nitrogens with one attached hydrogen (secondary N) is 1. The van der Waals surface area contributed by atoms with E-state index in [1.807, 2.05) is 18.2 Å². The molecule has 0 radical (unpaired) electrons. The predicted octanol–water partition coefficient (Wildman–Crippen LogP) is 1.02. The molecule has 0 bridgehead atoms. The molecule has 8 heteroatoms. The molecule has 2 N–H and O–H groups in total. The summed E-state index contributed by atoms with van der Waals surface area (Å²) < 4.78 is 17.5. The van der Waals surface area contributed by atoms with E-state index < -0.39 is 6.10 Å². The number of morpholine rings is 1. The molecule has 184 valence electrons. The first-order valence-corrected chi connectivity index (χ1v) is 12.4. The van der Waals surface area contributed by atoms with Crippen LogP contribution in [0.1, 0.15) is 31.2 Å². The summed E-state index contributed by atoms with van der Waals surface area (Å²) in [5, 5.41) is 13.4. The molecule has 1 aromatic rings. The first-order valence-electron chi connectivity index (χ1n) is 12.4. The number of benzene rings is 1. The topological polar surface area (TPSA) is 83.5 Å². The van der Waals surface area contributed by atoms with Crippen LogP contribution in [0, 0.1) is 0 Å². The van der Waals surface area contributed by atoms with Crippen molar-refractivity contribution in [3.05, 3.63) is 35.9 Å². The van der Waals surface area contributed by atoms with E-state index in [1.165, 1.54) is 5.56 Å². The minimum atomic E-state index is -0.504. The fraction of sp³-hybridized carbons (Fsp3) is 0.720. The first-order chi connectivity index (χ1) is 16.2. The second-order valence-electron chi connectivity index (χ2n) is 9.41. The number of ether oxygens (including phenoxy) is 3. The van der Waals surface area contributed by atoms with Gasteiger partial charge in [0.25, 0.3) is 0 Å². The van der Waals surface area contributed by atoms with Gasteiger partial charge in [0.05, 0.1) is 51.2 Å². The highest BCUT2D eigenvalue weighted by Crippen LogP contribution is 2.28. The summed E-state index contributed by atoms with van der Waals surface area (Å²) in [6, 6.07) is 10.5. The van der Waals surface area contributed by atoms with E-state index in [4.69, 9.17) is 14.2 Å². The van der Waals surface area contributed by atoms with Crippen molar-refractivity contribution in [3.63, 3.8) is 0 Å². The number of carbonyl (C=O) groups is 1. The summed E-state index contributed by atoms with van der Waals surface area (Å²) >= 11 is 0. The van der Waals surface area contributed by atoms with Crippen LogP contribution in [0.15, 0.2) is 30.3 Å². The number of hydrogen-bond donors (Lipinski definition) is 2. The van der Waals surface area contributed by atoms with E-state index in [0.717, 1.165) is 58.7 Å². The number of nitrogens with zero attached hydrogens (tertiary/aromatic N) is 2. The van der Waals surface area contributed by atoms with Crippen LogP contribution in [-0.2, 0) is 25.5 Å². The Kier molecular flexibility index (Phi) is 9.52. The number of carbonyl (C=O) groups excluding carboxylic acids is 1. The average Bonchev–Trinajstić information content (AvgIpc) is 2.82. The smallest absolute Gasteiger partial charge is 0.222 e. The highest BCUT2D eigenvalue weighted by molar-refractivity contribution is 5.76. The number of fused-ring (bicyclic) bond motifs is 1. The lowest BCUT2D eigenvalue weighted by Crippen LogP contribution is -2.55. The number of aliphatic hydroxyl groups excluding tert-OH is 1. The fourth-order valence-electron chi connectivity index (χ4n) is 5.08. The highest BCUT2D eigenvalue weighted by Gasteiger charge is 2.38. The van der Waals surface area contributed by atoms with E-state index in [2.05, 4.69) is 27.2 Å². The summed E-state index contributed by atoms with van der Waals surface area (Å²) in [6.45, 7) is 7.35. The molecular formula is C25H39N3O5. The summed E-state index contributed by atoms with van der Waals surface area (Å²) in [4.78, 5) is 17.2. The third-order valence-corrected chi connectivity index (χ3v) is 6.81. The lowest BCUT2D eigenvalue weighted by atomic mass is 9.94. The van der Waals surface area contributed by atoms with E-state index >= 15 is 0 Å². The molecule has 0 spiro atoms. The van der Waals surface area contributed by atoms with Crippen LogP contribution in [0.4, 0.5) is 0 Å². The molecule has 1 amide bonds. The number of aliphatic hydroxyl groups is 1. The Balaban J connectivity index is 1.23. The highest BCUT2D eigenvalue weighted by atomic mass is 16.5. The van der Waals surface area contributed by atoms with Crippen molar-refractivity contribution in [1.82, 2.24) is 15.1 Å². The van der Waals surface area contributed by atoms with Crippen LogP contribution >= 0.6 is 0 Å². The molecule has 33 heavy (non-hydrogen) atoms. The maximum Gasteiger partial charge on any atom is 0.222 e. The molecule has 8 nitrogen and oxygen atoms in total. The monoisotopic (exact) mass is 461 g/mol. The quantitative estimate of drug-likeness (QED) is 0.560. The molecule has 0 saturated carbocycles. The zero-order chi connectivity index (χ0) is 22.9. The van der Waals surface area contributed by atoms with Crippen LogP contribution in [-0.4, -0.2) is 104 Å². The summed E-state index contributed by atoms with van der Waals surface area (Å²) in [7, 11) is 0. The SMILES string of the molecule is O=C(C[C@@H]1CC[C@@H]2[C@H](COC[C@H](O)CN2Cc2ccccc2)O1)NCCCN1CCOCC1. The van der Waals surface area contributed by atoms with Gasteiger partial charge in [0.2, 0.25) is 5.91 Å². The lowest BCUT2D eigenvalue weighted by Gasteiger charge is -2.44. The van der Waals surface area contributed by atoms with Crippen molar-refractivity contribution in [2.45, 2.75) is 56.6 Å². The Morgan fingerprint density at radius 2 is 1.91 bits per heavy atom. The molecule has 0 aliphatic carbocycles. The van der Waals surface area contributed by atoms with Gasteiger partial charge >= 0.3 is 0 Å². The number of hydrogen-bond acceptors (Lipinski definition) is 7. The second-order valence-corrected chi connectivity index (χ2v) is 9.41. The molecule has 4 atom stereocenters. The Morgan fingerprint density at radius 3 is 2.73 bits per heavy atom. The molecule has 3 fully saturated rings. The van der Waals surface area contributed by atoms with Crippen molar-refractivity contribution in [1.29, 1.82) is 0 Å². The van der Waals surface area contributed by atoms with Crippen LogP contribution in [0.5, 0.6) is 0 Å². The zero-order valence-corrected chi connectivity index (χ0v) is 19.6. The maximum absolute atomic E-state index is 12.5. The molecule has 0 aromatic heterocycles. The van der Waals surface area contributed by atoms with E-state index in [-0.39, 0.29) is 24.2 Å². The zero-order valence-electron chi connectivity index (χ0n) is 19.6. The standard InChI is InChI=1S/C25H39N3O5/c29-21-17-28(16-20-5-2-1-3-6-20)23-8-7-22(33-24(23)19-32-18-21)15-25(30)26-9-4-10-27-11-13-31-14-12-27/h1-3,5-6,21-24,29H,4,7-19H2,(H,26,30)/t21-,22+,23-,24+/m1/s1. The predicted molar refractivity (Wildman–Crippen MR) is 125 cm³/mol. The molecule has 3 aliphatic rings. The van der Waals surface area contributed by atoms with Crippen molar-refractivity contribution >= 4 is 5.91 Å². The van der Waals surface area contributed by atoms with Gasteiger partial charge in [-0.15, -0.1) is 0 Å². The van der Waals surface area contributed by atoms with Crippen molar-refractivity contribution < 1.29 is 24.1 Å². The molecular weight excluding hydrogens is 422 g/mol. The van der Waals surface area contributed by atoms with E-state index in [1.54, 1.807) is 0 Å². The normalized spacial score (nSPS) is 29.6. The van der Waals surface area contributed by atoms with Crippen LogP contribution in [0.2, 0.25) is 0 Å². The second kappa shape index (κ2) is 12.8. The number of amides is 1. The first kappa shape index (κ1) is 24.6. The lowest BCUT2D eigenvalue weighted by molar-refractivity contribution is -0.158. The molecule has 3 saturated heterocycles. The minimum Gasteiger partial charge on any atom is -0.389 e. The summed E-state index contributed by atoms with van der Waals surface area (Å²) in [5.41, 5.74) is 1.23. The van der Waals surface area contributed by atoms with Crippen molar-refractivity contribution in [2.75, 3.05) is 59.2 Å². The molecule has 0 unspecified atom stereocenters. The van der Waals surface area contributed by atoms with Crippen LogP contribution in [0.3, 0.4) is 0 Å². The van der Waals surface area contributed by atoms with Gasteiger partial charge < -0.3 is 24.6 Å². The van der Waals surface area contributed by atoms with E-state index in [0.29, 0.717) is 32.7 Å². The van der Waals surface area contributed by atoms with Gasteiger partial charge in [0.1, 0.15) is 0 Å². The third-order valence-electron chi connectivity index (χ3n) is 6.81. The maximum atomic E-state index is 12.5. The molecule has 3 heterocycles. The number of rotatable bonds is 8. The van der Waals surface area contributed by atoms with Gasteiger partial charge in [0.15, 0.2) is 0 Å². The Bertz CT molecular complexity index is 715. The van der Waals surface area contributed by atoms with E-state index in [9.17, 15) is 9.90 Å². The number of β-amino-alcohol motifs (C(OH)–C–C–N with tert-alkyl or cyclic N) is 1. The van der Waals surface area contributed by atoms with Gasteiger partial charge in [0, 0.05) is 38.8 Å². The largest absolute Gasteiger partial charge is 0.389 e. The Labute approximate surface area is 197 Å². The molecule has 1 aromatic carbocycles. The third kappa shape index (κ3) is 7.73. The summed E-state index contributed by atoms with van der Waals surface area (Å²) in [5.74, 6) is 0.0590. The van der Waals surface area contributed by atoms with Gasteiger partial charge in [-0.25, -0.2) is 0 Å². The van der Waals surface area contributed by atoms with Crippen LogP contribution in [0.25, 0.3) is 0 Å². The fourth-order valence-corrected chi connectivity index (χ4v) is 5.08. The van der Waals surface area contributed by atoms with Gasteiger partial charge in [-0.1, -0.05) is 30.3 Å². The van der Waals surface area contributed by atoms with Gasteiger partial charge in [-0.05, 0) is 31.4 Å². The average molecular weight is 462 g/mol. The van der Waals surface area contributed by atoms with Crippen molar-refractivity contribution in [2.24, 2.45) is 0 Å². The Morgan fingerprint density at radius 1 is 1.09 bits per heavy atom. The summed E-state index contributed by atoms with van der Waals surface area (Å²) in [6.07, 6.45) is 2.43. The van der Waals surface area contributed by atoms with Crippen LogP contribution < -0.4 is 5.32 Å². The molecule has 4 rings (SSSR count). The Hall–Kier alpha value is -1.55. The molecule has 3 aliphatic heterocycles. The van der Waals surface area contributed by atoms with Gasteiger partial charge in [-0.3, -0.25) is 14.6 Å². The van der Waals surface area contributed by atoms with Crippen molar-refractivity contribution in [3.8, 4) is 0 Å².